The molecule has 172 valence electrons. The minimum absolute atomic E-state index is 0.0327. The van der Waals surface area contributed by atoms with Crippen LogP contribution < -0.4 is 0 Å². The molecule has 1 aromatic rings. The summed E-state index contributed by atoms with van der Waals surface area (Å²) in [5, 5.41) is 0. The van der Waals surface area contributed by atoms with Crippen molar-refractivity contribution in [3.8, 4) is 0 Å². The fraction of sp³-hybridized carbons (Fsp3) is 0.733. The van der Waals surface area contributed by atoms with E-state index in [9.17, 15) is 4.39 Å². The SMILES string of the molecule is C=CCCc1ccc(C2CCC(C3CCC4CC(CCCC)CCC4C3)CC2)c(F)c1. The number of rotatable bonds is 8. The molecule has 0 heterocycles. The first-order valence-corrected chi connectivity index (χ1v) is 13.6. The highest BCUT2D eigenvalue weighted by molar-refractivity contribution is 5.28. The van der Waals surface area contributed by atoms with Crippen molar-refractivity contribution in [1.82, 2.24) is 0 Å². The number of halogens is 1. The second-order valence-electron chi connectivity index (χ2n) is 11.2. The molecule has 0 radical (unpaired) electrons. The third-order valence-electron chi connectivity index (χ3n) is 9.31. The van der Waals surface area contributed by atoms with Gasteiger partial charge in [0, 0.05) is 0 Å². The van der Waals surface area contributed by atoms with E-state index in [4.69, 9.17) is 0 Å². The summed E-state index contributed by atoms with van der Waals surface area (Å²) in [4.78, 5) is 0. The van der Waals surface area contributed by atoms with Gasteiger partial charge in [-0.1, -0.05) is 50.8 Å². The van der Waals surface area contributed by atoms with Gasteiger partial charge in [0.1, 0.15) is 5.82 Å². The van der Waals surface area contributed by atoms with Gasteiger partial charge in [-0.05, 0) is 123 Å². The molecule has 31 heavy (non-hydrogen) atoms. The van der Waals surface area contributed by atoms with Crippen LogP contribution in [0.4, 0.5) is 4.39 Å². The molecule has 0 amide bonds. The largest absolute Gasteiger partial charge is 0.207 e. The van der Waals surface area contributed by atoms with Crippen LogP contribution in [0.15, 0.2) is 30.9 Å². The van der Waals surface area contributed by atoms with E-state index in [2.05, 4.69) is 25.6 Å². The molecular formula is C30H45F. The molecule has 4 atom stereocenters. The number of allylic oxidation sites excluding steroid dienone is 1. The van der Waals surface area contributed by atoms with E-state index in [1.807, 2.05) is 6.08 Å². The summed E-state index contributed by atoms with van der Waals surface area (Å²) >= 11 is 0. The topological polar surface area (TPSA) is 0 Å². The molecule has 0 aliphatic heterocycles. The molecule has 3 saturated carbocycles. The average Bonchev–Trinajstić information content (AvgIpc) is 2.81. The Labute approximate surface area is 191 Å². The predicted octanol–water partition coefficient (Wildman–Crippen LogP) is 9.24. The minimum Gasteiger partial charge on any atom is -0.207 e. The molecule has 3 aliphatic rings. The van der Waals surface area contributed by atoms with E-state index in [-0.39, 0.29) is 5.82 Å². The summed E-state index contributed by atoms with van der Waals surface area (Å²) in [7, 11) is 0. The smallest absolute Gasteiger partial charge is 0.126 e. The Balaban J connectivity index is 1.26. The molecule has 3 fully saturated rings. The number of fused-ring (bicyclic) bond motifs is 1. The second-order valence-corrected chi connectivity index (χ2v) is 11.2. The lowest BCUT2D eigenvalue weighted by molar-refractivity contribution is 0.0613. The molecule has 0 bridgehead atoms. The van der Waals surface area contributed by atoms with Crippen molar-refractivity contribution >= 4 is 0 Å². The maximum atomic E-state index is 14.8. The lowest BCUT2D eigenvalue weighted by atomic mass is 9.60. The zero-order chi connectivity index (χ0) is 21.6. The summed E-state index contributed by atoms with van der Waals surface area (Å²) in [6, 6.07) is 6.01. The van der Waals surface area contributed by atoms with Crippen LogP contribution >= 0.6 is 0 Å². The second kappa shape index (κ2) is 11.2. The Bertz CT molecular complexity index is 698. The summed E-state index contributed by atoms with van der Waals surface area (Å²) in [5.41, 5.74) is 2.09. The number of hydrogen-bond donors (Lipinski definition) is 0. The van der Waals surface area contributed by atoms with Gasteiger partial charge in [0.2, 0.25) is 0 Å². The van der Waals surface area contributed by atoms with E-state index >= 15 is 0 Å². The van der Waals surface area contributed by atoms with Crippen LogP contribution in [-0.2, 0) is 6.42 Å². The Morgan fingerprint density at radius 2 is 1.58 bits per heavy atom. The molecule has 0 aromatic heterocycles. The first-order chi connectivity index (χ1) is 15.2. The molecular weight excluding hydrogens is 379 g/mol. The molecule has 1 heteroatoms. The van der Waals surface area contributed by atoms with Crippen molar-refractivity contribution in [2.45, 2.75) is 109 Å². The normalized spacial score (nSPS) is 33.6. The van der Waals surface area contributed by atoms with Crippen LogP contribution in [0, 0.1) is 35.4 Å². The summed E-state index contributed by atoms with van der Waals surface area (Å²) in [6.45, 7) is 6.11. The summed E-state index contributed by atoms with van der Waals surface area (Å²) in [5.74, 6) is 5.43. The van der Waals surface area contributed by atoms with Gasteiger partial charge < -0.3 is 0 Å². The number of hydrogen-bond acceptors (Lipinski definition) is 0. The van der Waals surface area contributed by atoms with Gasteiger partial charge in [0.05, 0.1) is 0 Å². The van der Waals surface area contributed by atoms with Crippen molar-refractivity contribution < 1.29 is 4.39 Å². The Morgan fingerprint density at radius 3 is 2.29 bits per heavy atom. The Kier molecular flexibility index (Phi) is 8.30. The Morgan fingerprint density at radius 1 is 0.903 bits per heavy atom. The lowest BCUT2D eigenvalue weighted by Crippen LogP contribution is -2.34. The van der Waals surface area contributed by atoms with Gasteiger partial charge in [-0.2, -0.15) is 0 Å². The average molecular weight is 425 g/mol. The zero-order valence-corrected chi connectivity index (χ0v) is 20.0. The molecule has 4 rings (SSSR count). The molecule has 0 saturated heterocycles. The monoisotopic (exact) mass is 424 g/mol. The maximum Gasteiger partial charge on any atom is 0.126 e. The van der Waals surface area contributed by atoms with Crippen LogP contribution in [0.2, 0.25) is 0 Å². The number of aryl methyl sites for hydroxylation is 1. The third kappa shape index (κ3) is 5.82. The van der Waals surface area contributed by atoms with Gasteiger partial charge in [0.15, 0.2) is 0 Å². The fourth-order valence-electron chi connectivity index (χ4n) is 7.43. The summed E-state index contributed by atoms with van der Waals surface area (Å²) in [6.07, 6.45) is 22.1. The van der Waals surface area contributed by atoms with Crippen LogP contribution in [0.25, 0.3) is 0 Å². The van der Waals surface area contributed by atoms with E-state index in [1.54, 1.807) is 6.07 Å². The predicted molar refractivity (Wildman–Crippen MR) is 131 cm³/mol. The molecule has 4 unspecified atom stereocenters. The van der Waals surface area contributed by atoms with E-state index in [1.165, 1.54) is 83.5 Å². The quantitative estimate of drug-likeness (QED) is 0.365. The molecule has 1 aromatic carbocycles. The first kappa shape index (κ1) is 23.1. The third-order valence-corrected chi connectivity index (χ3v) is 9.31. The number of unbranched alkanes of at least 4 members (excludes halogenated alkanes) is 1. The van der Waals surface area contributed by atoms with Gasteiger partial charge >= 0.3 is 0 Å². The van der Waals surface area contributed by atoms with Crippen molar-refractivity contribution in [2.75, 3.05) is 0 Å². The van der Waals surface area contributed by atoms with Crippen LogP contribution in [-0.4, -0.2) is 0 Å². The zero-order valence-electron chi connectivity index (χ0n) is 20.0. The number of benzene rings is 1. The van der Waals surface area contributed by atoms with Crippen LogP contribution in [0.1, 0.15) is 114 Å². The van der Waals surface area contributed by atoms with E-state index < -0.39 is 0 Å². The maximum absolute atomic E-state index is 14.8. The van der Waals surface area contributed by atoms with E-state index in [0.717, 1.165) is 53.6 Å². The van der Waals surface area contributed by atoms with Gasteiger partial charge in [-0.15, -0.1) is 6.58 Å². The standard InChI is InChI=1S/C30H45F/c1-3-5-7-22-9-11-28-21-27(17-16-26(28)19-22)24-12-14-25(15-13-24)29-18-10-23(8-6-4-2)20-30(29)31/h4,10,18,20,22,24-28H,2-3,5-9,11-17,19,21H2,1H3. The van der Waals surface area contributed by atoms with E-state index in [0.29, 0.717) is 5.92 Å². The highest BCUT2D eigenvalue weighted by Crippen LogP contribution is 2.50. The van der Waals surface area contributed by atoms with Crippen molar-refractivity contribution in [3.63, 3.8) is 0 Å². The molecule has 3 aliphatic carbocycles. The van der Waals surface area contributed by atoms with Gasteiger partial charge in [-0.25, -0.2) is 4.39 Å². The van der Waals surface area contributed by atoms with Gasteiger partial charge in [0.25, 0.3) is 0 Å². The Hall–Kier alpha value is -1.11. The summed E-state index contributed by atoms with van der Waals surface area (Å²) < 4.78 is 14.8. The lowest BCUT2D eigenvalue weighted by Gasteiger charge is -2.45. The highest BCUT2D eigenvalue weighted by Gasteiger charge is 2.38. The van der Waals surface area contributed by atoms with Gasteiger partial charge in [-0.3, -0.25) is 0 Å². The van der Waals surface area contributed by atoms with Crippen molar-refractivity contribution in [1.29, 1.82) is 0 Å². The van der Waals surface area contributed by atoms with Crippen molar-refractivity contribution in [2.24, 2.45) is 29.6 Å². The molecule has 0 N–H and O–H groups in total. The molecule has 0 nitrogen and oxygen atoms in total. The van der Waals surface area contributed by atoms with Crippen LogP contribution in [0.3, 0.4) is 0 Å². The van der Waals surface area contributed by atoms with Crippen LogP contribution in [0.5, 0.6) is 0 Å². The van der Waals surface area contributed by atoms with Crippen molar-refractivity contribution in [3.05, 3.63) is 47.8 Å². The fourth-order valence-corrected chi connectivity index (χ4v) is 7.43. The minimum atomic E-state index is 0.0327. The molecule has 0 spiro atoms. The highest BCUT2D eigenvalue weighted by atomic mass is 19.1. The first-order valence-electron chi connectivity index (χ1n) is 13.6.